The molecule has 1 saturated heterocycles. The Balaban J connectivity index is 2.23. The lowest BCUT2D eigenvalue weighted by atomic mass is 9.78. The molecule has 0 saturated carbocycles. The van der Waals surface area contributed by atoms with Crippen LogP contribution in [0.1, 0.15) is 46.6 Å². The van der Waals surface area contributed by atoms with Crippen LogP contribution in [-0.2, 0) is 15.7 Å². The van der Waals surface area contributed by atoms with Crippen LogP contribution in [-0.4, -0.2) is 18.3 Å². The van der Waals surface area contributed by atoms with Crippen molar-refractivity contribution in [1.82, 2.24) is 0 Å². The van der Waals surface area contributed by atoms with Crippen LogP contribution in [0.3, 0.4) is 0 Å². The second-order valence-corrected chi connectivity index (χ2v) is 7.35. The molecule has 0 N–H and O–H groups in total. The average Bonchev–Trinajstić information content (AvgIpc) is 2.51. The second kappa shape index (κ2) is 5.37. The van der Waals surface area contributed by atoms with Gasteiger partial charge in [-0.3, -0.25) is 0 Å². The molecule has 0 aliphatic carbocycles. The van der Waals surface area contributed by atoms with Crippen LogP contribution in [0.2, 0.25) is 0 Å². The Hall–Kier alpha value is -0.0651. The van der Waals surface area contributed by atoms with Crippen molar-refractivity contribution in [3.8, 4) is 0 Å². The zero-order valence-electron chi connectivity index (χ0n) is 12.4. The minimum atomic E-state index is -0.273. The summed E-state index contributed by atoms with van der Waals surface area (Å²) >= 11 is 2.40. The Morgan fingerprint density at radius 2 is 1.68 bits per heavy atom. The van der Waals surface area contributed by atoms with Crippen LogP contribution in [0.25, 0.3) is 0 Å². The number of hydrogen-bond acceptors (Lipinski definition) is 2. The van der Waals surface area contributed by atoms with Crippen molar-refractivity contribution >= 4 is 35.2 Å². The smallest absolute Gasteiger partial charge is 0.399 e. The van der Waals surface area contributed by atoms with E-state index in [1.165, 1.54) is 15.6 Å². The monoisotopic (exact) mass is 372 g/mol. The number of rotatable bonds is 3. The van der Waals surface area contributed by atoms with Gasteiger partial charge in [0.1, 0.15) is 0 Å². The van der Waals surface area contributed by atoms with Gasteiger partial charge in [0, 0.05) is 3.57 Å². The maximum absolute atomic E-state index is 6.08. The standard InChI is InChI=1S/C15H22BIO2/c1-6-7-11-8-9-12(10-13(11)17)16-18-14(2,3)15(4,5)19-16/h8-10H,6-7H2,1-5H3. The normalized spacial score (nSPS) is 20.8. The quantitative estimate of drug-likeness (QED) is 0.597. The van der Waals surface area contributed by atoms with Crippen LogP contribution in [0, 0.1) is 3.57 Å². The lowest BCUT2D eigenvalue weighted by Gasteiger charge is -2.32. The number of aryl methyl sites for hydroxylation is 1. The summed E-state index contributed by atoms with van der Waals surface area (Å²) in [4.78, 5) is 0. The van der Waals surface area contributed by atoms with E-state index in [-0.39, 0.29) is 18.3 Å². The highest BCUT2D eigenvalue weighted by molar-refractivity contribution is 14.1. The third-order valence-electron chi connectivity index (χ3n) is 4.12. The van der Waals surface area contributed by atoms with Gasteiger partial charge in [-0.1, -0.05) is 25.5 Å². The zero-order chi connectivity index (χ0) is 14.3. The first-order valence-corrected chi connectivity index (χ1v) is 7.98. The Bertz CT molecular complexity index is 455. The summed E-state index contributed by atoms with van der Waals surface area (Å²) in [6, 6.07) is 6.52. The molecule has 0 radical (unpaired) electrons. The molecular formula is C15H22BIO2. The molecule has 2 rings (SSSR count). The van der Waals surface area contributed by atoms with Crippen molar-refractivity contribution in [3.05, 3.63) is 27.3 Å². The van der Waals surface area contributed by atoms with Gasteiger partial charge in [0.25, 0.3) is 0 Å². The SMILES string of the molecule is CCCc1ccc(B2OC(C)(C)C(C)(C)O2)cc1I. The summed E-state index contributed by atoms with van der Waals surface area (Å²) in [7, 11) is -0.255. The summed E-state index contributed by atoms with van der Waals surface area (Å²) in [5, 5.41) is 0. The van der Waals surface area contributed by atoms with E-state index in [0.717, 1.165) is 11.9 Å². The molecule has 0 amide bonds. The maximum atomic E-state index is 6.08. The van der Waals surface area contributed by atoms with E-state index in [4.69, 9.17) is 9.31 Å². The van der Waals surface area contributed by atoms with Gasteiger partial charge in [0.15, 0.2) is 0 Å². The molecule has 104 valence electrons. The van der Waals surface area contributed by atoms with Gasteiger partial charge in [0.2, 0.25) is 0 Å². The van der Waals surface area contributed by atoms with E-state index >= 15 is 0 Å². The molecule has 0 atom stereocenters. The molecule has 1 aliphatic rings. The largest absolute Gasteiger partial charge is 0.494 e. The minimum Gasteiger partial charge on any atom is -0.399 e. The lowest BCUT2D eigenvalue weighted by molar-refractivity contribution is 0.00578. The van der Waals surface area contributed by atoms with Crippen molar-refractivity contribution in [3.63, 3.8) is 0 Å². The van der Waals surface area contributed by atoms with E-state index < -0.39 is 0 Å². The van der Waals surface area contributed by atoms with E-state index in [2.05, 4.69) is 75.4 Å². The Labute approximate surface area is 130 Å². The van der Waals surface area contributed by atoms with E-state index in [9.17, 15) is 0 Å². The lowest BCUT2D eigenvalue weighted by Crippen LogP contribution is -2.41. The number of benzene rings is 1. The number of halogens is 1. The molecule has 1 aromatic rings. The van der Waals surface area contributed by atoms with Crippen LogP contribution in [0.4, 0.5) is 0 Å². The van der Waals surface area contributed by atoms with Gasteiger partial charge in [0.05, 0.1) is 11.2 Å². The second-order valence-electron chi connectivity index (χ2n) is 6.19. The van der Waals surface area contributed by atoms with Gasteiger partial charge >= 0.3 is 7.12 Å². The van der Waals surface area contributed by atoms with Crippen LogP contribution in [0.5, 0.6) is 0 Å². The highest BCUT2D eigenvalue weighted by Gasteiger charge is 2.51. The molecule has 1 heterocycles. The molecule has 0 spiro atoms. The first-order chi connectivity index (χ1) is 8.77. The molecule has 4 heteroatoms. The fraction of sp³-hybridized carbons (Fsp3) is 0.600. The predicted octanol–water partition coefficient (Wildman–Crippen LogP) is 3.54. The third-order valence-corrected chi connectivity index (χ3v) is 5.13. The summed E-state index contributed by atoms with van der Waals surface area (Å²) in [6.45, 7) is 10.6. The molecule has 1 fully saturated rings. The molecule has 1 aliphatic heterocycles. The van der Waals surface area contributed by atoms with Gasteiger partial charge in [-0.2, -0.15) is 0 Å². The van der Waals surface area contributed by atoms with Crippen LogP contribution in [0.15, 0.2) is 18.2 Å². The summed E-state index contributed by atoms with van der Waals surface area (Å²) < 4.78 is 13.5. The summed E-state index contributed by atoms with van der Waals surface area (Å²) in [6.07, 6.45) is 2.30. The fourth-order valence-electron chi connectivity index (χ4n) is 2.16. The van der Waals surface area contributed by atoms with Crippen LogP contribution >= 0.6 is 22.6 Å². The summed E-state index contributed by atoms with van der Waals surface area (Å²) in [5.41, 5.74) is 1.97. The molecular weight excluding hydrogens is 350 g/mol. The Morgan fingerprint density at radius 1 is 1.11 bits per heavy atom. The average molecular weight is 372 g/mol. The first kappa shape index (κ1) is 15.3. The zero-order valence-corrected chi connectivity index (χ0v) is 14.6. The molecule has 2 nitrogen and oxygen atoms in total. The van der Waals surface area contributed by atoms with Gasteiger partial charge in [-0.25, -0.2) is 0 Å². The van der Waals surface area contributed by atoms with Crippen molar-refractivity contribution < 1.29 is 9.31 Å². The van der Waals surface area contributed by atoms with E-state index in [1.54, 1.807) is 0 Å². The molecule has 0 bridgehead atoms. The van der Waals surface area contributed by atoms with E-state index in [0.29, 0.717) is 0 Å². The maximum Gasteiger partial charge on any atom is 0.494 e. The van der Waals surface area contributed by atoms with Crippen molar-refractivity contribution in [2.75, 3.05) is 0 Å². The molecule has 1 aromatic carbocycles. The van der Waals surface area contributed by atoms with E-state index in [1.807, 2.05) is 0 Å². The minimum absolute atomic E-state index is 0.255. The van der Waals surface area contributed by atoms with Crippen molar-refractivity contribution in [2.45, 2.75) is 58.7 Å². The van der Waals surface area contributed by atoms with Crippen molar-refractivity contribution in [2.24, 2.45) is 0 Å². The first-order valence-electron chi connectivity index (χ1n) is 6.91. The molecule has 0 unspecified atom stereocenters. The number of hydrogen-bond donors (Lipinski definition) is 0. The highest BCUT2D eigenvalue weighted by atomic mass is 127. The topological polar surface area (TPSA) is 18.5 Å². The van der Waals surface area contributed by atoms with Gasteiger partial charge < -0.3 is 9.31 Å². The third kappa shape index (κ3) is 3.00. The van der Waals surface area contributed by atoms with Gasteiger partial charge in [-0.05, 0) is 73.8 Å². The fourth-order valence-corrected chi connectivity index (χ4v) is 2.97. The Morgan fingerprint density at radius 3 is 2.16 bits per heavy atom. The predicted molar refractivity (Wildman–Crippen MR) is 88.9 cm³/mol. The van der Waals surface area contributed by atoms with Crippen molar-refractivity contribution in [1.29, 1.82) is 0 Å². The van der Waals surface area contributed by atoms with Gasteiger partial charge in [-0.15, -0.1) is 0 Å². The summed E-state index contributed by atoms with van der Waals surface area (Å²) in [5.74, 6) is 0. The highest BCUT2D eigenvalue weighted by Crippen LogP contribution is 2.36. The molecule has 0 aromatic heterocycles. The van der Waals surface area contributed by atoms with Crippen LogP contribution < -0.4 is 5.46 Å². The molecule has 19 heavy (non-hydrogen) atoms. The Kier molecular flexibility index (Phi) is 4.34.